The Morgan fingerprint density at radius 1 is 1.17 bits per heavy atom. The zero-order chi connectivity index (χ0) is 16.7. The van der Waals surface area contributed by atoms with Crippen LogP contribution in [0.25, 0.3) is 0 Å². The molecular formula is C18H29N3O2. The highest BCUT2D eigenvalue weighted by atomic mass is 16.5. The Bertz CT molecular complexity index is 480. The van der Waals surface area contributed by atoms with Crippen LogP contribution in [-0.4, -0.2) is 49.3 Å². The lowest BCUT2D eigenvalue weighted by molar-refractivity contribution is -0.0679. The van der Waals surface area contributed by atoms with Gasteiger partial charge in [0.1, 0.15) is 0 Å². The average molecular weight is 319 g/mol. The van der Waals surface area contributed by atoms with Gasteiger partial charge in [0.15, 0.2) is 0 Å². The first-order valence-corrected chi connectivity index (χ1v) is 8.48. The fourth-order valence-corrected chi connectivity index (χ4v) is 2.92. The summed E-state index contributed by atoms with van der Waals surface area (Å²) >= 11 is 0. The van der Waals surface area contributed by atoms with Gasteiger partial charge in [-0.3, -0.25) is 4.90 Å². The quantitative estimate of drug-likeness (QED) is 0.791. The van der Waals surface area contributed by atoms with Crippen LogP contribution in [0.1, 0.15) is 31.4 Å². The number of hydrogen-bond acceptors (Lipinski definition) is 3. The minimum absolute atomic E-state index is 0.103. The van der Waals surface area contributed by atoms with Crippen molar-refractivity contribution in [1.82, 2.24) is 15.5 Å². The van der Waals surface area contributed by atoms with E-state index in [0.29, 0.717) is 25.3 Å². The molecule has 2 unspecified atom stereocenters. The van der Waals surface area contributed by atoms with Crippen LogP contribution in [0, 0.1) is 6.92 Å². The maximum absolute atomic E-state index is 11.8. The molecule has 1 heterocycles. The van der Waals surface area contributed by atoms with Gasteiger partial charge in [0, 0.05) is 32.7 Å². The monoisotopic (exact) mass is 319 g/mol. The van der Waals surface area contributed by atoms with Gasteiger partial charge in [-0.2, -0.15) is 0 Å². The highest BCUT2D eigenvalue weighted by Gasteiger charge is 2.21. The zero-order valence-corrected chi connectivity index (χ0v) is 14.5. The number of nitrogens with one attached hydrogen (secondary N) is 2. The topological polar surface area (TPSA) is 53.6 Å². The lowest BCUT2D eigenvalue weighted by Crippen LogP contribution is -2.46. The Morgan fingerprint density at radius 3 is 2.48 bits per heavy atom. The van der Waals surface area contributed by atoms with Crippen LogP contribution in [0.3, 0.4) is 0 Å². The normalized spacial score (nSPS) is 21.9. The lowest BCUT2D eigenvalue weighted by atomic mass is 10.1. The van der Waals surface area contributed by atoms with Gasteiger partial charge in [0.25, 0.3) is 0 Å². The Hall–Kier alpha value is -1.59. The van der Waals surface area contributed by atoms with E-state index in [1.54, 1.807) is 0 Å². The van der Waals surface area contributed by atoms with Gasteiger partial charge in [-0.25, -0.2) is 4.79 Å². The van der Waals surface area contributed by atoms with Gasteiger partial charge in [0.2, 0.25) is 0 Å². The smallest absolute Gasteiger partial charge is 0.315 e. The first-order chi connectivity index (χ1) is 11.0. The molecule has 23 heavy (non-hydrogen) atoms. The molecule has 0 aliphatic carbocycles. The Labute approximate surface area is 139 Å². The molecule has 0 spiro atoms. The summed E-state index contributed by atoms with van der Waals surface area (Å²) in [5, 5.41) is 5.81. The van der Waals surface area contributed by atoms with E-state index in [0.717, 1.165) is 31.6 Å². The van der Waals surface area contributed by atoms with Crippen molar-refractivity contribution in [3.63, 3.8) is 0 Å². The van der Waals surface area contributed by atoms with Crippen LogP contribution < -0.4 is 10.6 Å². The number of urea groups is 1. The Morgan fingerprint density at radius 2 is 1.83 bits per heavy atom. The molecule has 1 aliphatic rings. The van der Waals surface area contributed by atoms with Gasteiger partial charge in [-0.1, -0.05) is 29.8 Å². The van der Waals surface area contributed by atoms with Crippen molar-refractivity contribution in [2.24, 2.45) is 0 Å². The van der Waals surface area contributed by atoms with Crippen molar-refractivity contribution in [2.75, 3.05) is 26.2 Å². The molecule has 1 saturated heterocycles. The maximum atomic E-state index is 11.8. The second-order valence-electron chi connectivity index (χ2n) is 6.47. The van der Waals surface area contributed by atoms with E-state index >= 15 is 0 Å². The van der Waals surface area contributed by atoms with Crippen molar-refractivity contribution >= 4 is 6.03 Å². The van der Waals surface area contributed by atoms with E-state index in [2.05, 4.69) is 48.4 Å². The van der Waals surface area contributed by atoms with E-state index < -0.39 is 0 Å². The summed E-state index contributed by atoms with van der Waals surface area (Å²) in [6.45, 7) is 10.5. The summed E-state index contributed by atoms with van der Waals surface area (Å²) in [4.78, 5) is 14.2. The predicted octanol–water partition coefficient (Wildman–Crippen LogP) is 2.29. The van der Waals surface area contributed by atoms with Crippen LogP contribution >= 0.6 is 0 Å². The standard InChI is InChI=1S/C18H29N3O2/c1-14-5-7-17(8-6-14)11-20-18(22)19-9-4-10-21-12-15(2)23-16(3)13-21/h5-8,15-16H,4,9-13H2,1-3H3,(H2,19,20,22). The molecule has 2 atom stereocenters. The number of amides is 2. The molecule has 0 radical (unpaired) electrons. The van der Waals surface area contributed by atoms with Crippen molar-refractivity contribution in [2.45, 2.75) is 45.9 Å². The largest absolute Gasteiger partial charge is 0.373 e. The molecule has 1 aromatic carbocycles. The second-order valence-corrected chi connectivity index (χ2v) is 6.47. The number of nitrogens with zero attached hydrogens (tertiary/aromatic N) is 1. The van der Waals surface area contributed by atoms with Crippen LogP contribution in [0.2, 0.25) is 0 Å². The van der Waals surface area contributed by atoms with Crippen LogP contribution in [0.4, 0.5) is 4.79 Å². The average Bonchev–Trinajstić information content (AvgIpc) is 2.50. The number of benzene rings is 1. The molecule has 1 aliphatic heterocycles. The van der Waals surface area contributed by atoms with Crippen LogP contribution in [-0.2, 0) is 11.3 Å². The minimum atomic E-state index is -0.103. The van der Waals surface area contributed by atoms with E-state index in [4.69, 9.17) is 4.74 Å². The molecule has 5 heteroatoms. The fraction of sp³-hybridized carbons (Fsp3) is 0.611. The summed E-state index contributed by atoms with van der Waals surface area (Å²) in [5.74, 6) is 0. The summed E-state index contributed by atoms with van der Waals surface area (Å²) in [6.07, 6.45) is 1.55. The lowest BCUT2D eigenvalue weighted by Gasteiger charge is -2.35. The number of carbonyl (C=O) groups excluding carboxylic acids is 1. The van der Waals surface area contributed by atoms with Gasteiger partial charge in [-0.05, 0) is 32.8 Å². The van der Waals surface area contributed by atoms with Gasteiger partial charge in [0.05, 0.1) is 12.2 Å². The Kier molecular flexibility index (Phi) is 6.86. The fourth-order valence-electron chi connectivity index (χ4n) is 2.92. The highest BCUT2D eigenvalue weighted by molar-refractivity contribution is 5.73. The van der Waals surface area contributed by atoms with E-state index in [-0.39, 0.29) is 6.03 Å². The highest BCUT2D eigenvalue weighted by Crippen LogP contribution is 2.10. The van der Waals surface area contributed by atoms with Crippen molar-refractivity contribution in [1.29, 1.82) is 0 Å². The zero-order valence-electron chi connectivity index (χ0n) is 14.5. The third kappa shape index (κ3) is 6.59. The number of carbonyl (C=O) groups is 1. The molecule has 5 nitrogen and oxygen atoms in total. The molecule has 128 valence electrons. The summed E-state index contributed by atoms with van der Waals surface area (Å²) < 4.78 is 5.72. The van der Waals surface area contributed by atoms with E-state index in [1.807, 2.05) is 12.1 Å². The molecule has 2 N–H and O–H groups in total. The van der Waals surface area contributed by atoms with E-state index in [1.165, 1.54) is 5.56 Å². The van der Waals surface area contributed by atoms with Gasteiger partial charge in [-0.15, -0.1) is 0 Å². The molecule has 0 saturated carbocycles. The van der Waals surface area contributed by atoms with Crippen molar-refractivity contribution in [3.8, 4) is 0 Å². The molecule has 2 rings (SSSR count). The number of hydrogen-bond donors (Lipinski definition) is 2. The first kappa shape index (κ1) is 17.8. The maximum Gasteiger partial charge on any atom is 0.315 e. The number of morpholine rings is 1. The van der Waals surface area contributed by atoms with Crippen LogP contribution in [0.5, 0.6) is 0 Å². The third-order valence-corrected chi connectivity index (χ3v) is 4.01. The second kappa shape index (κ2) is 8.89. The van der Waals surface area contributed by atoms with Gasteiger partial charge >= 0.3 is 6.03 Å². The molecule has 1 aromatic rings. The van der Waals surface area contributed by atoms with Gasteiger partial charge < -0.3 is 15.4 Å². The number of rotatable bonds is 6. The molecular weight excluding hydrogens is 290 g/mol. The molecule has 2 amide bonds. The van der Waals surface area contributed by atoms with E-state index in [9.17, 15) is 4.79 Å². The molecule has 0 bridgehead atoms. The number of ether oxygens (including phenoxy) is 1. The van der Waals surface area contributed by atoms with Crippen molar-refractivity contribution < 1.29 is 9.53 Å². The minimum Gasteiger partial charge on any atom is -0.373 e. The predicted molar refractivity (Wildman–Crippen MR) is 92.5 cm³/mol. The first-order valence-electron chi connectivity index (χ1n) is 8.48. The summed E-state index contributed by atoms with van der Waals surface area (Å²) in [5.41, 5.74) is 2.34. The Balaban J connectivity index is 1.57. The summed E-state index contributed by atoms with van der Waals surface area (Å²) in [7, 11) is 0. The molecule has 1 fully saturated rings. The SMILES string of the molecule is Cc1ccc(CNC(=O)NCCCN2CC(C)OC(C)C2)cc1. The van der Waals surface area contributed by atoms with Crippen molar-refractivity contribution in [3.05, 3.63) is 35.4 Å². The third-order valence-electron chi connectivity index (χ3n) is 4.01. The molecule has 0 aromatic heterocycles. The number of aryl methyl sites for hydroxylation is 1. The summed E-state index contributed by atoms with van der Waals surface area (Å²) in [6, 6.07) is 8.08. The van der Waals surface area contributed by atoms with Crippen LogP contribution in [0.15, 0.2) is 24.3 Å².